The first-order chi connectivity index (χ1) is 11.8. The van der Waals surface area contributed by atoms with E-state index >= 15 is 0 Å². The van der Waals surface area contributed by atoms with E-state index < -0.39 is 0 Å². The summed E-state index contributed by atoms with van der Waals surface area (Å²) in [5, 5.41) is 0. The van der Waals surface area contributed by atoms with E-state index in [1.807, 2.05) is 36.0 Å². The van der Waals surface area contributed by atoms with Gasteiger partial charge in [-0.1, -0.05) is 82.0 Å². The second kappa shape index (κ2) is 13.9. The summed E-state index contributed by atoms with van der Waals surface area (Å²) in [6, 6.07) is 18.3. The number of hydrogen-bond acceptors (Lipinski definition) is 2. The van der Waals surface area contributed by atoms with Gasteiger partial charge in [0.2, 0.25) is 0 Å². The summed E-state index contributed by atoms with van der Waals surface area (Å²) in [7, 11) is 0. The SMILES string of the molecule is CCCCCC.O=Cc1cccc(SCCCc2ccccc2)c1. The third-order valence-electron chi connectivity index (χ3n) is 3.67. The lowest BCUT2D eigenvalue weighted by Crippen LogP contribution is -1.87. The Morgan fingerprint density at radius 2 is 1.58 bits per heavy atom. The lowest BCUT2D eigenvalue weighted by atomic mass is 10.1. The molecule has 2 rings (SSSR count). The van der Waals surface area contributed by atoms with Crippen molar-refractivity contribution in [3.05, 3.63) is 65.7 Å². The van der Waals surface area contributed by atoms with E-state index in [1.165, 1.54) is 36.1 Å². The van der Waals surface area contributed by atoms with Crippen LogP contribution in [0.25, 0.3) is 0 Å². The Labute approximate surface area is 151 Å². The van der Waals surface area contributed by atoms with Crippen LogP contribution in [0.2, 0.25) is 0 Å². The molecule has 0 aliphatic rings. The average molecular weight is 343 g/mol. The Hall–Kier alpha value is -1.54. The molecule has 0 heterocycles. The Morgan fingerprint density at radius 3 is 2.21 bits per heavy atom. The van der Waals surface area contributed by atoms with Crippen molar-refractivity contribution in [3.63, 3.8) is 0 Å². The quantitative estimate of drug-likeness (QED) is 0.283. The van der Waals surface area contributed by atoms with Gasteiger partial charge >= 0.3 is 0 Å². The molecule has 2 heteroatoms. The van der Waals surface area contributed by atoms with Gasteiger partial charge in [-0.2, -0.15) is 0 Å². The van der Waals surface area contributed by atoms with E-state index in [0.29, 0.717) is 0 Å². The molecule has 2 aromatic rings. The zero-order valence-corrected chi connectivity index (χ0v) is 15.9. The molecule has 0 aliphatic carbocycles. The van der Waals surface area contributed by atoms with Crippen LogP contribution in [-0.2, 0) is 6.42 Å². The highest BCUT2D eigenvalue weighted by Crippen LogP contribution is 2.20. The van der Waals surface area contributed by atoms with Gasteiger partial charge in [-0.15, -0.1) is 11.8 Å². The highest BCUT2D eigenvalue weighted by Gasteiger charge is 1.97. The number of carbonyl (C=O) groups excluding carboxylic acids is 1. The second-order valence-corrected chi connectivity index (χ2v) is 7.00. The zero-order chi connectivity index (χ0) is 17.5. The number of aryl methyl sites for hydroxylation is 1. The van der Waals surface area contributed by atoms with Crippen LogP contribution < -0.4 is 0 Å². The van der Waals surface area contributed by atoms with Crippen molar-refractivity contribution in [2.24, 2.45) is 0 Å². The summed E-state index contributed by atoms with van der Waals surface area (Å²) in [4.78, 5) is 11.8. The molecule has 0 saturated carbocycles. The molecule has 0 bridgehead atoms. The predicted octanol–water partition coefficient (Wildman–Crippen LogP) is 6.81. The standard InChI is InChI=1S/C16H16OS.C6H14/c17-13-15-8-4-10-16(12-15)18-11-5-9-14-6-2-1-3-7-14;1-3-5-6-4-2/h1-4,6-8,10,12-13H,5,9,11H2;3-6H2,1-2H3. The maximum absolute atomic E-state index is 10.7. The van der Waals surface area contributed by atoms with Gasteiger partial charge in [-0.3, -0.25) is 4.79 Å². The van der Waals surface area contributed by atoms with E-state index in [0.717, 1.165) is 30.4 Å². The maximum Gasteiger partial charge on any atom is 0.150 e. The van der Waals surface area contributed by atoms with Crippen LogP contribution in [0.15, 0.2) is 59.5 Å². The molecule has 1 nitrogen and oxygen atoms in total. The molecule has 0 aromatic heterocycles. The molecule has 0 spiro atoms. The van der Waals surface area contributed by atoms with Crippen molar-refractivity contribution >= 4 is 18.0 Å². The van der Waals surface area contributed by atoms with Crippen LogP contribution in [0.5, 0.6) is 0 Å². The van der Waals surface area contributed by atoms with Gasteiger partial charge in [-0.25, -0.2) is 0 Å². The number of carbonyl (C=O) groups is 1. The third-order valence-corrected chi connectivity index (χ3v) is 4.75. The molecule has 0 fully saturated rings. The summed E-state index contributed by atoms with van der Waals surface area (Å²) < 4.78 is 0. The van der Waals surface area contributed by atoms with Gasteiger partial charge in [0.1, 0.15) is 6.29 Å². The molecule has 0 N–H and O–H groups in total. The van der Waals surface area contributed by atoms with Gasteiger partial charge in [0.15, 0.2) is 0 Å². The molecular weight excluding hydrogens is 312 g/mol. The normalized spacial score (nSPS) is 9.92. The highest BCUT2D eigenvalue weighted by molar-refractivity contribution is 7.99. The fourth-order valence-corrected chi connectivity index (χ4v) is 3.21. The molecule has 24 heavy (non-hydrogen) atoms. The third kappa shape index (κ3) is 9.57. The summed E-state index contributed by atoms with van der Waals surface area (Å²) in [5.74, 6) is 1.08. The average Bonchev–Trinajstić information content (AvgIpc) is 2.65. The van der Waals surface area contributed by atoms with E-state index in [-0.39, 0.29) is 0 Å². The lowest BCUT2D eigenvalue weighted by molar-refractivity contribution is 0.112. The van der Waals surface area contributed by atoms with Crippen molar-refractivity contribution in [2.75, 3.05) is 5.75 Å². The Morgan fingerprint density at radius 1 is 0.875 bits per heavy atom. The van der Waals surface area contributed by atoms with E-state index in [9.17, 15) is 4.79 Å². The number of hydrogen-bond donors (Lipinski definition) is 0. The maximum atomic E-state index is 10.7. The monoisotopic (exact) mass is 342 g/mol. The van der Waals surface area contributed by atoms with Crippen LogP contribution in [0.3, 0.4) is 0 Å². The van der Waals surface area contributed by atoms with E-state index in [4.69, 9.17) is 0 Å². The minimum absolute atomic E-state index is 0.753. The summed E-state index contributed by atoms with van der Waals surface area (Å²) in [6.45, 7) is 4.46. The van der Waals surface area contributed by atoms with Crippen LogP contribution in [0, 0.1) is 0 Å². The van der Waals surface area contributed by atoms with Crippen molar-refractivity contribution in [3.8, 4) is 0 Å². The number of rotatable bonds is 9. The molecule has 0 radical (unpaired) electrons. The van der Waals surface area contributed by atoms with Gasteiger partial charge in [0, 0.05) is 10.5 Å². The van der Waals surface area contributed by atoms with Gasteiger partial charge in [0.05, 0.1) is 0 Å². The van der Waals surface area contributed by atoms with Gasteiger partial charge < -0.3 is 0 Å². The fraction of sp³-hybridized carbons (Fsp3) is 0.409. The fourth-order valence-electron chi connectivity index (χ4n) is 2.29. The molecule has 0 atom stereocenters. The van der Waals surface area contributed by atoms with Crippen LogP contribution in [-0.4, -0.2) is 12.0 Å². The molecule has 0 saturated heterocycles. The second-order valence-electron chi connectivity index (χ2n) is 5.84. The first-order valence-electron chi connectivity index (χ1n) is 9.02. The first kappa shape index (κ1) is 20.5. The molecule has 0 unspecified atom stereocenters. The number of aldehydes is 1. The highest BCUT2D eigenvalue weighted by atomic mass is 32.2. The van der Waals surface area contributed by atoms with Crippen molar-refractivity contribution in [1.29, 1.82) is 0 Å². The minimum atomic E-state index is 0.753. The Bertz CT molecular complexity index is 547. The number of unbranched alkanes of at least 4 members (excludes halogenated alkanes) is 3. The van der Waals surface area contributed by atoms with Gasteiger partial charge in [0.25, 0.3) is 0 Å². The Kier molecular flexibility index (Phi) is 11.8. The van der Waals surface area contributed by atoms with Crippen molar-refractivity contribution in [1.82, 2.24) is 0 Å². The number of benzene rings is 2. The van der Waals surface area contributed by atoms with Crippen molar-refractivity contribution < 1.29 is 4.79 Å². The predicted molar refractivity (Wildman–Crippen MR) is 107 cm³/mol. The lowest BCUT2D eigenvalue weighted by Gasteiger charge is -2.03. The summed E-state index contributed by atoms with van der Waals surface area (Å²) in [5.41, 5.74) is 2.14. The molecule has 0 aliphatic heterocycles. The van der Waals surface area contributed by atoms with Crippen LogP contribution in [0.4, 0.5) is 0 Å². The largest absolute Gasteiger partial charge is 0.298 e. The van der Waals surface area contributed by atoms with Crippen molar-refractivity contribution in [2.45, 2.75) is 57.3 Å². The van der Waals surface area contributed by atoms with Crippen LogP contribution in [0.1, 0.15) is 61.9 Å². The number of thioether (sulfide) groups is 1. The molecule has 0 amide bonds. The molecule has 130 valence electrons. The zero-order valence-electron chi connectivity index (χ0n) is 15.0. The summed E-state index contributed by atoms with van der Waals surface area (Å²) in [6.07, 6.45) is 8.70. The topological polar surface area (TPSA) is 17.1 Å². The summed E-state index contributed by atoms with van der Waals surface area (Å²) >= 11 is 1.81. The first-order valence-corrected chi connectivity index (χ1v) is 10.0. The van der Waals surface area contributed by atoms with Gasteiger partial charge in [-0.05, 0) is 36.3 Å². The smallest absolute Gasteiger partial charge is 0.150 e. The van der Waals surface area contributed by atoms with Crippen LogP contribution >= 0.6 is 11.8 Å². The molecule has 2 aromatic carbocycles. The Balaban J connectivity index is 0.000000413. The molecular formula is C22H30OS. The van der Waals surface area contributed by atoms with E-state index in [1.54, 1.807) is 0 Å². The minimum Gasteiger partial charge on any atom is -0.298 e. The van der Waals surface area contributed by atoms with E-state index in [2.05, 4.69) is 44.2 Å².